The Kier molecular flexibility index (Phi) is 6.26. The van der Waals surface area contributed by atoms with E-state index in [0.29, 0.717) is 12.2 Å². The van der Waals surface area contributed by atoms with Crippen molar-refractivity contribution in [3.05, 3.63) is 66.0 Å². The monoisotopic (exact) mass is 397 g/mol. The van der Waals surface area contributed by atoms with Gasteiger partial charge in [0.2, 0.25) is 17.7 Å². The van der Waals surface area contributed by atoms with Gasteiger partial charge in [-0.1, -0.05) is 30.3 Å². The van der Waals surface area contributed by atoms with Gasteiger partial charge in [0.15, 0.2) is 0 Å². The van der Waals surface area contributed by atoms with Crippen molar-refractivity contribution in [2.75, 3.05) is 25.5 Å². The quantitative estimate of drug-likeness (QED) is 0.815. The average molecular weight is 397 g/mol. The van der Waals surface area contributed by atoms with Crippen LogP contribution in [0.4, 0.5) is 10.1 Å². The fraction of sp³-hybridized carbons (Fsp3) is 0.318. The number of likely N-dealkylation sites (N-methyl/N-ethyl adjacent to an activating group) is 1. The molecule has 0 radical (unpaired) electrons. The first-order valence-electron chi connectivity index (χ1n) is 9.50. The second-order valence-corrected chi connectivity index (χ2v) is 7.28. The highest BCUT2D eigenvalue weighted by atomic mass is 19.1. The Balaban J connectivity index is 1.56. The highest BCUT2D eigenvalue weighted by Crippen LogP contribution is 2.29. The molecule has 0 spiro atoms. The molecular weight excluding hydrogens is 373 g/mol. The molecule has 2 aromatic carbocycles. The van der Waals surface area contributed by atoms with Crippen molar-refractivity contribution in [2.45, 2.75) is 19.4 Å². The average Bonchev–Trinajstić information content (AvgIpc) is 3.10. The molecule has 0 bridgehead atoms. The zero-order valence-electron chi connectivity index (χ0n) is 16.5. The number of anilines is 1. The molecule has 0 aromatic heterocycles. The summed E-state index contributed by atoms with van der Waals surface area (Å²) in [5, 5.41) is 2.63. The van der Waals surface area contributed by atoms with Gasteiger partial charge in [-0.25, -0.2) is 4.39 Å². The first-order valence-corrected chi connectivity index (χ1v) is 9.50. The lowest BCUT2D eigenvalue weighted by molar-refractivity contribution is -0.137. The Bertz CT molecular complexity index is 886. The second-order valence-electron chi connectivity index (χ2n) is 7.28. The van der Waals surface area contributed by atoms with E-state index in [2.05, 4.69) is 5.32 Å². The van der Waals surface area contributed by atoms with E-state index >= 15 is 0 Å². The largest absolute Gasteiger partial charge is 0.336 e. The van der Waals surface area contributed by atoms with E-state index in [4.69, 9.17) is 0 Å². The third-order valence-electron chi connectivity index (χ3n) is 5.14. The van der Waals surface area contributed by atoms with Gasteiger partial charge in [0.05, 0.1) is 18.5 Å². The topological polar surface area (TPSA) is 69.7 Å². The minimum Gasteiger partial charge on any atom is -0.336 e. The van der Waals surface area contributed by atoms with Crippen LogP contribution in [0.15, 0.2) is 54.6 Å². The van der Waals surface area contributed by atoms with E-state index in [1.54, 1.807) is 11.9 Å². The van der Waals surface area contributed by atoms with Gasteiger partial charge < -0.3 is 15.1 Å². The third-order valence-corrected chi connectivity index (χ3v) is 5.14. The van der Waals surface area contributed by atoms with Crippen LogP contribution < -0.4 is 5.32 Å². The molecule has 3 amide bonds. The van der Waals surface area contributed by atoms with Crippen molar-refractivity contribution < 1.29 is 18.8 Å². The van der Waals surface area contributed by atoms with E-state index < -0.39 is 11.7 Å². The van der Waals surface area contributed by atoms with E-state index in [0.717, 1.165) is 5.56 Å². The maximum atomic E-state index is 12.9. The molecule has 0 unspecified atom stereocenters. The number of nitrogens with zero attached hydrogens (tertiary/aromatic N) is 2. The molecule has 1 aliphatic rings. The lowest BCUT2D eigenvalue weighted by Gasteiger charge is -2.26. The number of amides is 3. The predicted octanol–water partition coefficient (Wildman–Crippen LogP) is 2.83. The van der Waals surface area contributed by atoms with E-state index in [9.17, 15) is 18.8 Å². The molecule has 2 atom stereocenters. The number of nitrogens with one attached hydrogen (secondary N) is 1. The molecule has 0 aliphatic carbocycles. The number of carbonyl (C=O) groups excluding carboxylic acids is 3. The van der Waals surface area contributed by atoms with Gasteiger partial charge in [-0.2, -0.15) is 0 Å². The molecule has 6 nitrogen and oxygen atoms in total. The van der Waals surface area contributed by atoms with Crippen LogP contribution in [0.5, 0.6) is 0 Å². The number of hydrogen-bond acceptors (Lipinski definition) is 3. The smallest absolute Gasteiger partial charge is 0.243 e. The summed E-state index contributed by atoms with van der Waals surface area (Å²) in [6, 6.07) is 15.0. The van der Waals surface area contributed by atoms with E-state index in [1.807, 2.05) is 37.3 Å². The molecule has 0 saturated carbocycles. The van der Waals surface area contributed by atoms with Crippen LogP contribution in [0.2, 0.25) is 0 Å². The van der Waals surface area contributed by atoms with Gasteiger partial charge in [0, 0.05) is 25.7 Å². The van der Waals surface area contributed by atoms with Crippen LogP contribution in [-0.4, -0.2) is 47.7 Å². The van der Waals surface area contributed by atoms with Crippen molar-refractivity contribution in [1.29, 1.82) is 0 Å². The van der Waals surface area contributed by atoms with Gasteiger partial charge in [0.1, 0.15) is 5.82 Å². The van der Waals surface area contributed by atoms with Crippen molar-refractivity contribution in [2.24, 2.45) is 5.92 Å². The van der Waals surface area contributed by atoms with E-state index in [-0.39, 0.29) is 36.7 Å². The summed E-state index contributed by atoms with van der Waals surface area (Å²) in [5.41, 5.74) is 1.47. The zero-order chi connectivity index (χ0) is 21.0. The van der Waals surface area contributed by atoms with Crippen molar-refractivity contribution in [3.63, 3.8) is 0 Å². The van der Waals surface area contributed by atoms with Gasteiger partial charge in [-0.3, -0.25) is 14.4 Å². The molecule has 1 heterocycles. The SMILES string of the molecule is C[C@@H](c1ccccc1)N1C[C@@H](C(=O)N(C)CC(=O)Nc2ccc(F)cc2)CC1=O. The third kappa shape index (κ3) is 4.99. The van der Waals surface area contributed by atoms with Crippen LogP contribution in [0.25, 0.3) is 0 Å². The molecule has 2 aromatic rings. The summed E-state index contributed by atoms with van der Waals surface area (Å²) < 4.78 is 12.9. The molecular formula is C22H24FN3O3. The Morgan fingerprint density at radius 2 is 1.83 bits per heavy atom. The molecule has 1 saturated heterocycles. The molecule has 29 heavy (non-hydrogen) atoms. The molecule has 3 rings (SSSR count). The number of hydrogen-bond donors (Lipinski definition) is 1. The lowest BCUT2D eigenvalue weighted by Crippen LogP contribution is -2.39. The molecule has 1 N–H and O–H groups in total. The number of rotatable bonds is 6. The number of benzene rings is 2. The van der Waals surface area contributed by atoms with Crippen molar-refractivity contribution in [3.8, 4) is 0 Å². The Morgan fingerprint density at radius 3 is 2.48 bits per heavy atom. The van der Waals surface area contributed by atoms with Crippen LogP contribution in [0, 0.1) is 11.7 Å². The Hall–Kier alpha value is -3.22. The summed E-state index contributed by atoms with van der Waals surface area (Å²) in [6.07, 6.45) is 0.139. The molecule has 1 aliphatic heterocycles. The first kappa shape index (κ1) is 20.5. The predicted molar refractivity (Wildman–Crippen MR) is 107 cm³/mol. The normalized spacial score (nSPS) is 17.1. The highest BCUT2D eigenvalue weighted by Gasteiger charge is 2.38. The number of carbonyl (C=O) groups is 3. The fourth-order valence-corrected chi connectivity index (χ4v) is 3.52. The summed E-state index contributed by atoms with van der Waals surface area (Å²) in [5.74, 6) is -1.56. The van der Waals surface area contributed by atoms with Crippen LogP contribution in [0.3, 0.4) is 0 Å². The maximum absolute atomic E-state index is 12.9. The molecule has 1 fully saturated rings. The van der Waals surface area contributed by atoms with Crippen LogP contribution in [-0.2, 0) is 14.4 Å². The fourth-order valence-electron chi connectivity index (χ4n) is 3.52. The second kappa shape index (κ2) is 8.86. The Labute approximate surface area is 169 Å². The molecule has 7 heteroatoms. The van der Waals surface area contributed by atoms with Crippen molar-refractivity contribution in [1.82, 2.24) is 9.80 Å². The Morgan fingerprint density at radius 1 is 1.17 bits per heavy atom. The first-order chi connectivity index (χ1) is 13.8. The standard InChI is InChI=1S/C22H24FN3O3/c1-15(16-6-4-3-5-7-16)26-13-17(12-21(26)28)22(29)25(2)14-20(27)24-19-10-8-18(23)9-11-19/h3-11,15,17H,12-14H2,1-2H3,(H,24,27)/t15-,17-/m0/s1. The maximum Gasteiger partial charge on any atom is 0.243 e. The lowest BCUT2D eigenvalue weighted by atomic mass is 10.1. The number of halogens is 1. The highest BCUT2D eigenvalue weighted by molar-refractivity contribution is 5.96. The van der Waals surface area contributed by atoms with Crippen molar-refractivity contribution >= 4 is 23.4 Å². The molecule has 152 valence electrons. The van der Waals surface area contributed by atoms with Gasteiger partial charge in [-0.15, -0.1) is 0 Å². The van der Waals surface area contributed by atoms with Crippen LogP contribution in [0.1, 0.15) is 24.9 Å². The summed E-state index contributed by atoms with van der Waals surface area (Å²) in [4.78, 5) is 40.4. The number of likely N-dealkylation sites (tertiary alicyclic amines) is 1. The van der Waals surface area contributed by atoms with Crippen LogP contribution >= 0.6 is 0 Å². The summed E-state index contributed by atoms with van der Waals surface area (Å²) >= 11 is 0. The summed E-state index contributed by atoms with van der Waals surface area (Å²) in [7, 11) is 1.54. The van der Waals surface area contributed by atoms with Gasteiger partial charge >= 0.3 is 0 Å². The minimum atomic E-state index is -0.475. The zero-order valence-corrected chi connectivity index (χ0v) is 16.5. The minimum absolute atomic E-state index is 0.0659. The van der Waals surface area contributed by atoms with Gasteiger partial charge in [-0.05, 0) is 36.8 Å². The summed E-state index contributed by atoms with van der Waals surface area (Å²) in [6.45, 7) is 2.13. The van der Waals surface area contributed by atoms with E-state index in [1.165, 1.54) is 29.2 Å². The van der Waals surface area contributed by atoms with Gasteiger partial charge in [0.25, 0.3) is 0 Å².